The molecule has 2 aromatic carbocycles. The summed E-state index contributed by atoms with van der Waals surface area (Å²) in [7, 11) is 1.59. The standard InChI is InChI=1S/C26H29N5O4/c1-35-20-9-7-17(8-10-20)11-22(26(34)31-14-19(15-31)18-5-3-2-4-6-18)30-24(32)12-21(25(27)33)23-13-28-16-29-23/h2-10,13,16,19,21-22H,11-12,14-15H2,1H3,(H2,27,33)(H,28,29)(H,30,32)/t21?,22-/m1/s1. The van der Waals surface area contributed by atoms with Crippen LogP contribution >= 0.6 is 0 Å². The quantitative estimate of drug-likeness (QED) is 0.411. The van der Waals surface area contributed by atoms with Crippen LogP contribution in [0.1, 0.15) is 35.1 Å². The predicted octanol–water partition coefficient (Wildman–Crippen LogP) is 1.73. The molecule has 0 spiro atoms. The highest BCUT2D eigenvalue weighted by Crippen LogP contribution is 2.28. The molecule has 4 N–H and O–H groups in total. The molecule has 3 amide bonds. The minimum absolute atomic E-state index is 0.154. The van der Waals surface area contributed by atoms with Crippen LogP contribution in [0.15, 0.2) is 67.1 Å². The Morgan fingerprint density at radius 3 is 2.46 bits per heavy atom. The van der Waals surface area contributed by atoms with E-state index in [1.165, 1.54) is 18.1 Å². The molecular weight excluding hydrogens is 446 g/mol. The summed E-state index contributed by atoms with van der Waals surface area (Å²) in [4.78, 5) is 46.8. The van der Waals surface area contributed by atoms with Gasteiger partial charge in [0.1, 0.15) is 11.8 Å². The zero-order valence-corrected chi connectivity index (χ0v) is 19.5. The van der Waals surface area contributed by atoms with Crippen molar-refractivity contribution in [1.82, 2.24) is 20.2 Å². The van der Waals surface area contributed by atoms with E-state index in [0.29, 0.717) is 31.0 Å². The number of aromatic nitrogens is 2. The molecule has 0 aliphatic carbocycles. The largest absolute Gasteiger partial charge is 0.497 e. The number of methoxy groups -OCH3 is 1. The van der Waals surface area contributed by atoms with Gasteiger partial charge in [-0.15, -0.1) is 0 Å². The summed E-state index contributed by atoms with van der Waals surface area (Å²) >= 11 is 0. The van der Waals surface area contributed by atoms with Crippen LogP contribution in [0.3, 0.4) is 0 Å². The summed E-state index contributed by atoms with van der Waals surface area (Å²) in [5.41, 5.74) is 8.04. The van der Waals surface area contributed by atoms with Gasteiger partial charge < -0.3 is 25.7 Å². The second-order valence-corrected chi connectivity index (χ2v) is 8.69. The average Bonchev–Trinajstić information content (AvgIpc) is 3.36. The first kappa shape index (κ1) is 24.0. The number of carbonyl (C=O) groups excluding carboxylic acids is 3. The zero-order chi connectivity index (χ0) is 24.8. The van der Waals surface area contributed by atoms with Gasteiger partial charge in [-0.2, -0.15) is 0 Å². The fraction of sp³-hybridized carbons (Fsp3) is 0.308. The van der Waals surface area contributed by atoms with E-state index in [1.807, 2.05) is 42.5 Å². The van der Waals surface area contributed by atoms with Crippen LogP contribution in [-0.4, -0.2) is 58.8 Å². The van der Waals surface area contributed by atoms with Crippen LogP contribution in [-0.2, 0) is 20.8 Å². The van der Waals surface area contributed by atoms with Crippen molar-refractivity contribution in [1.29, 1.82) is 0 Å². The van der Waals surface area contributed by atoms with Crippen molar-refractivity contribution >= 4 is 17.7 Å². The number of nitrogens with two attached hydrogens (primary N) is 1. The van der Waals surface area contributed by atoms with Gasteiger partial charge in [-0.25, -0.2) is 4.98 Å². The number of carbonyl (C=O) groups is 3. The van der Waals surface area contributed by atoms with E-state index >= 15 is 0 Å². The third-order valence-electron chi connectivity index (χ3n) is 6.32. The van der Waals surface area contributed by atoms with E-state index in [-0.39, 0.29) is 18.2 Å². The minimum atomic E-state index is -0.860. The smallest absolute Gasteiger partial charge is 0.245 e. The van der Waals surface area contributed by atoms with Crippen molar-refractivity contribution in [2.75, 3.05) is 20.2 Å². The van der Waals surface area contributed by atoms with Gasteiger partial charge in [0.25, 0.3) is 0 Å². The van der Waals surface area contributed by atoms with Crippen molar-refractivity contribution in [2.24, 2.45) is 5.73 Å². The number of likely N-dealkylation sites (tertiary alicyclic amines) is 1. The molecule has 0 bridgehead atoms. The predicted molar refractivity (Wildman–Crippen MR) is 130 cm³/mol. The lowest BCUT2D eigenvalue weighted by Gasteiger charge is -2.41. The number of ether oxygens (including phenoxy) is 1. The Morgan fingerprint density at radius 1 is 1.14 bits per heavy atom. The summed E-state index contributed by atoms with van der Waals surface area (Å²) in [6.45, 7) is 1.19. The number of amides is 3. The molecule has 4 rings (SSSR count). The summed E-state index contributed by atoms with van der Waals surface area (Å²) < 4.78 is 5.21. The lowest BCUT2D eigenvalue weighted by molar-refractivity contribution is -0.140. The van der Waals surface area contributed by atoms with Crippen LogP contribution < -0.4 is 15.8 Å². The van der Waals surface area contributed by atoms with E-state index in [0.717, 1.165) is 5.56 Å². The highest BCUT2D eigenvalue weighted by molar-refractivity contribution is 5.92. The maximum Gasteiger partial charge on any atom is 0.245 e. The number of benzene rings is 2. The van der Waals surface area contributed by atoms with E-state index in [9.17, 15) is 14.4 Å². The third kappa shape index (κ3) is 5.87. The highest BCUT2D eigenvalue weighted by Gasteiger charge is 2.36. The molecule has 1 aromatic heterocycles. The monoisotopic (exact) mass is 475 g/mol. The number of hydrogen-bond acceptors (Lipinski definition) is 5. The molecule has 0 saturated carbocycles. The van der Waals surface area contributed by atoms with E-state index in [4.69, 9.17) is 10.5 Å². The van der Waals surface area contributed by atoms with Gasteiger partial charge in [-0.3, -0.25) is 14.4 Å². The Bertz CT molecular complexity index is 1140. The van der Waals surface area contributed by atoms with Crippen LogP contribution in [0.25, 0.3) is 0 Å². The van der Waals surface area contributed by atoms with Crippen molar-refractivity contribution in [3.8, 4) is 5.75 Å². The number of rotatable bonds is 10. The number of H-pyrrole nitrogens is 1. The molecule has 1 saturated heterocycles. The Hall–Kier alpha value is -4.14. The maximum atomic E-state index is 13.4. The first-order valence-corrected chi connectivity index (χ1v) is 11.5. The highest BCUT2D eigenvalue weighted by atomic mass is 16.5. The molecule has 182 valence electrons. The van der Waals surface area contributed by atoms with E-state index < -0.39 is 23.8 Å². The number of nitrogens with one attached hydrogen (secondary N) is 2. The number of primary amides is 1. The lowest BCUT2D eigenvalue weighted by atomic mass is 9.90. The van der Waals surface area contributed by atoms with Gasteiger partial charge in [0.2, 0.25) is 17.7 Å². The first-order valence-electron chi connectivity index (χ1n) is 11.5. The minimum Gasteiger partial charge on any atom is -0.497 e. The maximum absolute atomic E-state index is 13.4. The van der Waals surface area contributed by atoms with Crippen LogP contribution in [0.4, 0.5) is 0 Å². The molecule has 0 radical (unpaired) electrons. The van der Waals surface area contributed by atoms with E-state index in [1.54, 1.807) is 12.0 Å². The molecular formula is C26H29N5O4. The normalized spacial score (nSPS) is 15.1. The summed E-state index contributed by atoms with van der Waals surface area (Å²) in [6, 6.07) is 16.6. The van der Waals surface area contributed by atoms with Crippen LogP contribution in [0.5, 0.6) is 5.75 Å². The van der Waals surface area contributed by atoms with Gasteiger partial charge in [-0.1, -0.05) is 42.5 Å². The topological polar surface area (TPSA) is 130 Å². The third-order valence-corrected chi connectivity index (χ3v) is 6.32. The number of hydrogen-bond donors (Lipinski definition) is 3. The lowest BCUT2D eigenvalue weighted by Crippen LogP contribution is -2.56. The molecule has 1 aliphatic rings. The Balaban J connectivity index is 1.45. The second-order valence-electron chi connectivity index (χ2n) is 8.69. The number of nitrogens with zero attached hydrogens (tertiary/aromatic N) is 2. The number of imidazole rings is 1. The summed E-state index contributed by atoms with van der Waals surface area (Å²) in [5, 5.41) is 2.84. The Labute approximate surface area is 203 Å². The van der Waals surface area contributed by atoms with Gasteiger partial charge >= 0.3 is 0 Å². The molecule has 9 heteroatoms. The van der Waals surface area contributed by atoms with E-state index in [2.05, 4.69) is 27.4 Å². The Kier molecular flexibility index (Phi) is 7.45. The van der Waals surface area contributed by atoms with Crippen molar-refractivity contribution in [3.05, 3.63) is 83.9 Å². The van der Waals surface area contributed by atoms with Crippen molar-refractivity contribution in [3.63, 3.8) is 0 Å². The molecule has 1 fully saturated rings. The number of aromatic amines is 1. The van der Waals surface area contributed by atoms with Gasteiger partial charge in [0.15, 0.2) is 0 Å². The zero-order valence-electron chi connectivity index (χ0n) is 19.5. The average molecular weight is 476 g/mol. The molecule has 1 aliphatic heterocycles. The second kappa shape index (κ2) is 10.9. The SMILES string of the molecule is COc1ccc(C[C@@H](NC(=O)CC(C(N)=O)c2cnc[nH]2)C(=O)N2CC(c3ccccc3)C2)cc1. The molecule has 35 heavy (non-hydrogen) atoms. The van der Waals surface area contributed by atoms with Crippen LogP contribution in [0.2, 0.25) is 0 Å². The van der Waals surface area contributed by atoms with Crippen molar-refractivity contribution in [2.45, 2.75) is 30.7 Å². The van der Waals surface area contributed by atoms with Gasteiger partial charge in [0, 0.05) is 43.7 Å². The first-order chi connectivity index (χ1) is 16.9. The van der Waals surface area contributed by atoms with Gasteiger partial charge in [-0.05, 0) is 23.3 Å². The summed E-state index contributed by atoms with van der Waals surface area (Å²) in [6.07, 6.45) is 3.02. The molecule has 9 nitrogen and oxygen atoms in total. The Morgan fingerprint density at radius 2 is 1.86 bits per heavy atom. The fourth-order valence-electron chi connectivity index (χ4n) is 4.27. The fourth-order valence-corrected chi connectivity index (χ4v) is 4.27. The molecule has 2 heterocycles. The molecule has 3 aromatic rings. The van der Waals surface area contributed by atoms with Gasteiger partial charge in [0.05, 0.1) is 19.4 Å². The van der Waals surface area contributed by atoms with Crippen molar-refractivity contribution < 1.29 is 19.1 Å². The molecule has 1 unspecified atom stereocenters. The summed E-state index contributed by atoms with van der Waals surface area (Å²) in [5.74, 6) is -1.11. The molecule has 2 atom stereocenters. The van der Waals surface area contributed by atoms with Crippen LogP contribution in [0, 0.1) is 0 Å².